The van der Waals surface area contributed by atoms with Crippen molar-refractivity contribution < 1.29 is 9.47 Å². The van der Waals surface area contributed by atoms with Gasteiger partial charge in [-0.3, -0.25) is 18.8 Å². The number of aromatic nitrogens is 2. The molecule has 39 heavy (non-hydrogen) atoms. The SMILES string of the molecule is CCCCCCOc1ccc(OC(C)(C)CCN2CCN(c3cc(=O)n(C(C)C)c(=O)n3C(C)C)CC2)cc1. The van der Waals surface area contributed by atoms with Gasteiger partial charge in [-0.05, 0) is 78.6 Å². The molecule has 0 radical (unpaired) electrons. The molecule has 0 aliphatic carbocycles. The molecule has 1 fully saturated rings. The zero-order valence-electron chi connectivity index (χ0n) is 25.2. The first-order chi connectivity index (χ1) is 18.5. The van der Waals surface area contributed by atoms with Crippen LogP contribution < -0.4 is 25.6 Å². The van der Waals surface area contributed by atoms with E-state index in [1.54, 1.807) is 10.6 Å². The van der Waals surface area contributed by atoms with E-state index in [1.807, 2.05) is 52.0 Å². The predicted octanol–water partition coefficient (Wildman–Crippen LogP) is 5.50. The van der Waals surface area contributed by atoms with Crippen molar-refractivity contribution in [2.45, 2.75) is 98.3 Å². The van der Waals surface area contributed by atoms with E-state index in [2.05, 4.69) is 30.6 Å². The molecule has 0 amide bonds. The standard InChI is InChI=1S/C31H50N4O4/c1-8-9-10-11-22-38-26-12-14-27(15-13-26)39-31(6,7)16-17-32-18-20-33(21-19-32)28-23-29(36)35(25(4)5)30(37)34(28)24(2)3/h12-15,23-25H,8-11,16-22H2,1-7H3. The third kappa shape index (κ3) is 8.62. The Morgan fingerprint density at radius 3 is 2.05 bits per heavy atom. The molecule has 8 nitrogen and oxygen atoms in total. The first-order valence-electron chi connectivity index (χ1n) is 14.8. The van der Waals surface area contributed by atoms with Gasteiger partial charge in [-0.15, -0.1) is 0 Å². The van der Waals surface area contributed by atoms with Crippen molar-refractivity contribution in [3.8, 4) is 11.5 Å². The lowest BCUT2D eigenvalue weighted by Gasteiger charge is -2.38. The van der Waals surface area contributed by atoms with Crippen molar-refractivity contribution in [1.82, 2.24) is 14.0 Å². The highest BCUT2D eigenvalue weighted by atomic mass is 16.5. The summed E-state index contributed by atoms with van der Waals surface area (Å²) in [5.74, 6) is 2.47. The van der Waals surface area contributed by atoms with Gasteiger partial charge in [0.05, 0.1) is 6.61 Å². The van der Waals surface area contributed by atoms with E-state index in [1.165, 1.54) is 23.8 Å². The number of ether oxygens (including phenoxy) is 2. The topological polar surface area (TPSA) is 68.9 Å². The Bertz CT molecular complexity index is 1140. The van der Waals surface area contributed by atoms with E-state index in [-0.39, 0.29) is 28.9 Å². The maximum absolute atomic E-state index is 13.1. The number of hydrogen-bond acceptors (Lipinski definition) is 6. The Balaban J connectivity index is 1.51. The van der Waals surface area contributed by atoms with E-state index in [0.717, 1.165) is 69.5 Å². The number of rotatable bonds is 14. The first kappa shape index (κ1) is 30.8. The minimum absolute atomic E-state index is 0.0273. The highest BCUT2D eigenvalue weighted by Crippen LogP contribution is 2.25. The summed E-state index contributed by atoms with van der Waals surface area (Å²) >= 11 is 0. The van der Waals surface area contributed by atoms with Crippen LogP contribution in [0.1, 0.15) is 92.7 Å². The first-order valence-corrected chi connectivity index (χ1v) is 14.8. The van der Waals surface area contributed by atoms with Gasteiger partial charge >= 0.3 is 5.69 Å². The molecule has 1 aromatic heterocycles. The number of unbranched alkanes of at least 4 members (excludes halogenated alkanes) is 3. The molecule has 1 aromatic carbocycles. The summed E-state index contributed by atoms with van der Waals surface area (Å²) in [6.07, 6.45) is 5.69. The summed E-state index contributed by atoms with van der Waals surface area (Å²) in [6.45, 7) is 19.2. The van der Waals surface area contributed by atoms with Crippen molar-refractivity contribution in [1.29, 1.82) is 0 Å². The number of anilines is 1. The van der Waals surface area contributed by atoms with Gasteiger partial charge in [-0.2, -0.15) is 0 Å². The van der Waals surface area contributed by atoms with Gasteiger partial charge in [0.1, 0.15) is 22.9 Å². The van der Waals surface area contributed by atoms with Crippen LogP contribution in [0.5, 0.6) is 11.5 Å². The van der Waals surface area contributed by atoms with Crippen LogP contribution in [0.3, 0.4) is 0 Å². The average molecular weight is 543 g/mol. The van der Waals surface area contributed by atoms with Crippen LogP contribution in [0, 0.1) is 0 Å². The third-order valence-electron chi connectivity index (χ3n) is 7.39. The Hall–Kier alpha value is -2.74. The summed E-state index contributed by atoms with van der Waals surface area (Å²) in [4.78, 5) is 30.5. The van der Waals surface area contributed by atoms with Crippen LogP contribution in [0.2, 0.25) is 0 Å². The summed E-state index contributed by atoms with van der Waals surface area (Å²) in [7, 11) is 0. The minimum Gasteiger partial charge on any atom is -0.494 e. The van der Waals surface area contributed by atoms with Gasteiger partial charge in [0.25, 0.3) is 5.56 Å². The maximum atomic E-state index is 13.1. The lowest BCUT2D eigenvalue weighted by molar-refractivity contribution is 0.0819. The lowest BCUT2D eigenvalue weighted by Crippen LogP contribution is -2.51. The maximum Gasteiger partial charge on any atom is 0.333 e. The Morgan fingerprint density at radius 2 is 1.46 bits per heavy atom. The molecule has 0 saturated carbocycles. The van der Waals surface area contributed by atoms with Gasteiger partial charge < -0.3 is 14.4 Å². The zero-order valence-corrected chi connectivity index (χ0v) is 25.2. The van der Waals surface area contributed by atoms with Crippen LogP contribution in [-0.4, -0.2) is 59.0 Å². The van der Waals surface area contributed by atoms with Gasteiger partial charge in [0.2, 0.25) is 0 Å². The molecule has 1 aliphatic rings. The van der Waals surface area contributed by atoms with E-state index in [4.69, 9.17) is 9.47 Å². The van der Waals surface area contributed by atoms with Crippen LogP contribution in [-0.2, 0) is 0 Å². The predicted molar refractivity (Wildman–Crippen MR) is 160 cm³/mol. The Kier molecular flexibility index (Phi) is 11.1. The fourth-order valence-electron chi connectivity index (χ4n) is 5.08. The van der Waals surface area contributed by atoms with Crippen molar-refractivity contribution in [2.24, 2.45) is 0 Å². The van der Waals surface area contributed by atoms with E-state index in [9.17, 15) is 9.59 Å². The zero-order chi connectivity index (χ0) is 28.6. The molecule has 1 aliphatic heterocycles. The Labute approximate surface area is 234 Å². The molecule has 0 bridgehead atoms. The van der Waals surface area contributed by atoms with Crippen molar-refractivity contribution >= 4 is 5.82 Å². The van der Waals surface area contributed by atoms with Crippen molar-refractivity contribution in [3.63, 3.8) is 0 Å². The molecule has 218 valence electrons. The molecular formula is C31H50N4O4. The number of nitrogens with zero attached hydrogens (tertiary/aromatic N) is 4. The highest BCUT2D eigenvalue weighted by Gasteiger charge is 2.26. The second-order valence-corrected chi connectivity index (χ2v) is 11.9. The molecule has 2 heterocycles. The van der Waals surface area contributed by atoms with Crippen LogP contribution in [0.15, 0.2) is 39.9 Å². The lowest BCUT2D eigenvalue weighted by atomic mass is 10.0. The monoisotopic (exact) mass is 542 g/mol. The van der Waals surface area contributed by atoms with Crippen LogP contribution in [0.25, 0.3) is 0 Å². The fraction of sp³-hybridized carbons (Fsp3) is 0.677. The third-order valence-corrected chi connectivity index (χ3v) is 7.39. The second-order valence-electron chi connectivity index (χ2n) is 11.9. The Morgan fingerprint density at radius 1 is 0.846 bits per heavy atom. The average Bonchev–Trinajstić information content (AvgIpc) is 2.87. The fourth-order valence-corrected chi connectivity index (χ4v) is 5.08. The molecular weight excluding hydrogens is 492 g/mol. The van der Waals surface area contributed by atoms with Gasteiger partial charge in [0, 0.05) is 50.9 Å². The molecule has 2 aromatic rings. The van der Waals surface area contributed by atoms with Gasteiger partial charge in [0.15, 0.2) is 0 Å². The minimum atomic E-state index is -0.306. The normalized spacial score (nSPS) is 14.8. The van der Waals surface area contributed by atoms with E-state index < -0.39 is 0 Å². The van der Waals surface area contributed by atoms with Crippen molar-refractivity contribution in [3.05, 3.63) is 51.2 Å². The second kappa shape index (κ2) is 14.1. The quantitative estimate of drug-likeness (QED) is 0.294. The molecule has 0 spiro atoms. The largest absolute Gasteiger partial charge is 0.494 e. The van der Waals surface area contributed by atoms with Crippen LogP contribution in [0.4, 0.5) is 5.82 Å². The molecule has 0 unspecified atom stereocenters. The number of piperazine rings is 1. The molecule has 1 saturated heterocycles. The van der Waals surface area contributed by atoms with E-state index in [0.29, 0.717) is 0 Å². The molecule has 0 atom stereocenters. The summed E-state index contributed by atoms with van der Waals surface area (Å²) in [6, 6.07) is 9.39. The van der Waals surface area contributed by atoms with Gasteiger partial charge in [-0.25, -0.2) is 4.79 Å². The smallest absolute Gasteiger partial charge is 0.333 e. The number of hydrogen-bond donors (Lipinski definition) is 0. The van der Waals surface area contributed by atoms with Gasteiger partial charge in [-0.1, -0.05) is 26.2 Å². The molecule has 3 rings (SSSR count). The highest BCUT2D eigenvalue weighted by molar-refractivity contribution is 5.40. The summed E-state index contributed by atoms with van der Waals surface area (Å²) < 4.78 is 15.3. The van der Waals surface area contributed by atoms with E-state index >= 15 is 0 Å². The molecule has 0 N–H and O–H groups in total. The number of benzene rings is 1. The summed E-state index contributed by atoms with van der Waals surface area (Å²) in [5.41, 5.74) is -0.760. The van der Waals surface area contributed by atoms with Crippen molar-refractivity contribution in [2.75, 3.05) is 44.2 Å². The molecule has 8 heteroatoms. The van der Waals surface area contributed by atoms with Crippen LogP contribution >= 0.6 is 0 Å². The summed E-state index contributed by atoms with van der Waals surface area (Å²) in [5, 5.41) is 0.